The third-order valence-electron chi connectivity index (χ3n) is 5.25. The van der Waals surface area contributed by atoms with Gasteiger partial charge >= 0.3 is 0 Å². The molecule has 172 valence electrons. The maximum Gasteiger partial charge on any atom is 0.271 e. The van der Waals surface area contributed by atoms with Gasteiger partial charge in [0.1, 0.15) is 17.7 Å². The van der Waals surface area contributed by atoms with E-state index in [1.807, 2.05) is 71.6 Å². The molecule has 3 aromatic rings. The predicted octanol–water partition coefficient (Wildman–Crippen LogP) is 4.79. The van der Waals surface area contributed by atoms with Crippen molar-refractivity contribution < 1.29 is 14.3 Å². The zero-order valence-electron chi connectivity index (χ0n) is 18.6. The van der Waals surface area contributed by atoms with Crippen LogP contribution in [0.15, 0.2) is 96.6 Å². The number of hydrogen-bond donors (Lipinski definition) is 1. The van der Waals surface area contributed by atoms with Crippen molar-refractivity contribution in [3.8, 4) is 5.75 Å². The summed E-state index contributed by atoms with van der Waals surface area (Å²) in [7, 11) is 0. The molecule has 0 radical (unpaired) electrons. The molecule has 3 aromatic carbocycles. The Bertz CT molecular complexity index is 1160. The largest absolute Gasteiger partial charge is 0.490 e. The maximum atomic E-state index is 12.5. The summed E-state index contributed by atoms with van der Waals surface area (Å²) in [5.74, 6) is 1.02. The van der Waals surface area contributed by atoms with Gasteiger partial charge in [-0.25, -0.2) is 5.43 Å². The van der Waals surface area contributed by atoms with Crippen LogP contribution in [0.1, 0.15) is 32.4 Å². The van der Waals surface area contributed by atoms with Crippen LogP contribution in [0.3, 0.4) is 0 Å². The molecule has 4 rings (SSSR count). The Morgan fingerprint density at radius 2 is 1.82 bits per heavy atom. The van der Waals surface area contributed by atoms with Crippen LogP contribution in [-0.4, -0.2) is 35.3 Å². The number of hydrazone groups is 1. The number of ether oxygens (including phenoxy) is 1. The second-order valence-electron chi connectivity index (χ2n) is 7.66. The van der Waals surface area contributed by atoms with E-state index in [0.29, 0.717) is 24.5 Å². The Morgan fingerprint density at radius 3 is 2.53 bits per heavy atom. The highest BCUT2D eigenvalue weighted by Crippen LogP contribution is 2.39. The first-order chi connectivity index (χ1) is 16.6. The summed E-state index contributed by atoms with van der Waals surface area (Å²) < 4.78 is 5.44. The Labute approximate surface area is 203 Å². The SMILES string of the molecule is C=CCOc1ccc(/C=N\NC(=O)c2ccc([C@@H]3SCC(=O)N3Cc3ccccc3)cc2)cc1. The Balaban J connectivity index is 1.35. The summed E-state index contributed by atoms with van der Waals surface area (Å²) in [4.78, 5) is 26.8. The molecule has 1 N–H and O–H groups in total. The first-order valence-corrected chi connectivity index (χ1v) is 11.9. The van der Waals surface area contributed by atoms with Crippen molar-refractivity contribution in [3.05, 3.63) is 114 Å². The van der Waals surface area contributed by atoms with E-state index in [0.717, 1.165) is 22.4 Å². The van der Waals surface area contributed by atoms with E-state index in [-0.39, 0.29) is 17.2 Å². The topological polar surface area (TPSA) is 71.0 Å². The summed E-state index contributed by atoms with van der Waals surface area (Å²) >= 11 is 1.60. The van der Waals surface area contributed by atoms with Crippen molar-refractivity contribution in [2.75, 3.05) is 12.4 Å². The summed E-state index contributed by atoms with van der Waals surface area (Å²) in [5, 5.41) is 3.97. The van der Waals surface area contributed by atoms with E-state index in [2.05, 4.69) is 17.1 Å². The van der Waals surface area contributed by atoms with Crippen LogP contribution >= 0.6 is 11.8 Å². The predicted molar refractivity (Wildman–Crippen MR) is 136 cm³/mol. The summed E-state index contributed by atoms with van der Waals surface area (Å²) in [5.41, 5.74) is 5.97. The molecule has 2 amide bonds. The molecule has 1 saturated heterocycles. The molecule has 0 saturated carbocycles. The van der Waals surface area contributed by atoms with Crippen molar-refractivity contribution in [1.82, 2.24) is 10.3 Å². The van der Waals surface area contributed by atoms with E-state index >= 15 is 0 Å². The third kappa shape index (κ3) is 5.94. The van der Waals surface area contributed by atoms with Gasteiger partial charge in [-0.3, -0.25) is 9.59 Å². The van der Waals surface area contributed by atoms with Crippen LogP contribution in [0.2, 0.25) is 0 Å². The molecule has 7 heteroatoms. The molecule has 0 aromatic heterocycles. The number of carbonyl (C=O) groups excluding carboxylic acids is 2. The normalized spacial score (nSPS) is 15.5. The number of thioether (sulfide) groups is 1. The number of amides is 2. The van der Waals surface area contributed by atoms with Gasteiger partial charge in [-0.2, -0.15) is 5.10 Å². The van der Waals surface area contributed by atoms with E-state index in [9.17, 15) is 9.59 Å². The first kappa shape index (κ1) is 23.3. The summed E-state index contributed by atoms with van der Waals surface area (Å²) in [6.07, 6.45) is 3.26. The minimum absolute atomic E-state index is 0.0683. The van der Waals surface area contributed by atoms with Gasteiger partial charge in [0, 0.05) is 12.1 Å². The molecule has 1 fully saturated rings. The van der Waals surface area contributed by atoms with Crippen molar-refractivity contribution >= 4 is 29.8 Å². The molecule has 0 unspecified atom stereocenters. The lowest BCUT2D eigenvalue weighted by Crippen LogP contribution is -2.27. The average molecular weight is 472 g/mol. The lowest BCUT2D eigenvalue weighted by Gasteiger charge is -2.24. The number of hydrogen-bond acceptors (Lipinski definition) is 5. The molecular weight excluding hydrogens is 446 g/mol. The molecule has 1 heterocycles. The van der Waals surface area contributed by atoms with Crippen LogP contribution in [-0.2, 0) is 11.3 Å². The van der Waals surface area contributed by atoms with E-state index in [1.54, 1.807) is 36.2 Å². The number of nitrogens with zero attached hydrogens (tertiary/aromatic N) is 2. The molecule has 1 aliphatic rings. The van der Waals surface area contributed by atoms with Crippen molar-refractivity contribution in [2.45, 2.75) is 11.9 Å². The average Bonchev–Trinajstić information content (AvgIpc) is 3.24. The van der Waals surface area contributed by atoms with Crippen LogP contribution in [0.5, 0.6) is 5.75 Å². The van der Waals surface area contributed by atoms with Gasteiger partial charge in [-0.1, -0.05) is 55.1 Å². The highest BCUT2D eigenvalue weighted by atomic mass is 32.2. The molecular formula is C27H25N3O3S. The standard InChI is InChI=1S/C27H25N3O3S/c1-2-16-33-24-14-8-20(9-15-24)17-28-29-26(32)22-10-12-23(13-11-22)27-30(25(31)19-34-27)18-21-6-4-3-5-7-21/h2-15,17,27H,1,16,18-19H2,(H,29,32)/b28-17-/t27-/m0/s1. The lowest BCUT2D eigenvalue weighted by atomic mass is 10.1. The maximum absolute atomic E-state index is 12.5. The zero-order valence-corrected chi connectivity index (χ0v) is 19.4. The quantitative estimate of drug-likeness (QED) is 0.277. The number of nitrogens with one attached hydrogen (secondary N) is 1. The fourth-order valence-corrected chi connectivity index (χ4v) is 4.70. The van der Waals surface area contributed by atoms with Crippen LogP contribution in [0.25, 0.3) is 0 Å². The van der Waals surface area contributed by atoms with E-state index in [4.69, 9.17) is 4.74 Å². The number of rotatable bonds is 9. The Morgan fingerprint density at radius 1 is 1.09 bits per heavy atom. The fraction of sp³-hybridized carbons (Fsp3) is 0.148. The highest BCUT2D eigenvalue weighted by molar-refractivity contribution is 8.00. The minimum Gasteiger partial charge on any atom is -0.490 e. The highest BCUT2D eigenvalue weighted by Gasteiger charge is 2.32. The molecule has 1 atom stereocenters. The monoisotopic (exact) mass is 471 g/mol. The van der Waals surface area contributed by atoms with Crippen molar-refractivity contribution in [2.24, 2.45) is 5.10 Å². The van der Waals surface area contributed by atoms with Crippen LogP contribution in [0.4, 0.5) is 0 Å². The summed E-state index contributed by atoms with van der Waals surface area (Å²) in [6.45, 7) is 4.63. The second kappa shape index (κ2) is 11.3. The van der Waals surface area contributed by atoms with Gasteiger partial charge in [0.2, 0.25) is 5.91 Å². The van der Waals surface area contributed by atoms with Crippen LogP contribution in [0, 0.1) is 0 Å². The van der Waals surface area contributed by atoms with Gasteiger partial charge < -0.3 is 9.64 Å². The smallest absolute Gasteiger partial charge is 0.271 e. The van der Waals surface area contributed by atoms with Gasteiger partial charge in [0.05, 0.1) is 12.0 Å². The van der Waals surface area contributed by atoms with Gasteiger partial charge in [0.15, 0.2) is 0 Å². The third-order valence-corrected chi connectivity index (χ3v) is 6.51. The lowest BCUT2D eigenvalue weighted by molar-refractivity contribution is -0.128. The number of benzene rings is 3. The number of carbonyl (C=O) groups is 2. The molecule has 0 aliphatic carbocycles. The first-order valence-electron chi connectivity index (χ1n) is 10.9. The molecule has 6 nitrogen and oxygen atoms in total. The molecule has 0 bridgehead atoms. The molecule has 34 heavy (non-hydrogen) atoms. The van der Waals surface area contributed by atoms with Gasteiger partial charge in [-0.05, 0) is 53.1 Å². The van der Waals surface area contributed by atoms with E-state index in [1.165, 1.54) is 0 Å². The van der Waals surface area contributed by atoms with Crippen LogP contribution < -0.4 is 10.2 Å². The zero-order chi connectivity index (χ0) is 23.8. The van der Waals surface area contributed by atoms with Crippen molar-refractivity contribution in [1.29, 1.82) is 0 Å². The molecule has 0 spiro atoms. The molecule has 1 aliphatic heterocycles. The minimum atomic E-state index is -0.301. The Kier molecular flexibility index (Phi) is 7.78. The summed E-state index contributed by atoms with van der Waals surface area (Å²) in [6, 6.07) is 24.6. The van der Waals surface area contributed by atoms with Gasteiger partial charge in [-0.15, -0.1) is 11.8 Å². The van der Waals surface area contributed by atoms with Crippen molar-refractivity contribution in [3.63, 3.8) is 0 Å². The van der Waals surface area contributed by atoms with Gasteiger partial charge in [0.25, 0.3) is 5.91 Å². The second-order valence-corrected chi connectivity index (χ2v) is 8.73. The van der Waals surface area contributed by atoms with E-state index < -0.39 is 0 Å². The Hall–Kier alpha value is -3.84. The fourth-order valence-electron chi connectivity index (χ4n) is 3.52.